The predicted molar refractivity (Wildman–Crippen MR) is 77.8 cm³/mol. The minimum absolute atomic E-state index is 0.316. The van der Waals surface area contributed by atoms with Crippen molar-refractivity contribution in [1.82, 2.24) is 4.98 Å². The van der Waals surface area contributed by atoms with E-state index < -0.39 is 5.97 Å². The molecule has 0 aliphatic heterocycles. The quantitative estimate of drug-likeness (QED) is 0.507. The van der Waals surface area contributed by atoms with Gasteiger partial charge in [-0.25, -0.2) is 9.78 Å². The highest BCUT2D eigenvalue weighted by Crippen LogP contribution is 2.17. The van der Waals surface area contributed by atoms with Crippen LogP contribution in [-0.2, 0) is 4.74 Å². The number of hydrogen-bond acceptors (Lipinski definition) is 4. The topological polar surface area (TPSA) is 52.3 Å². The summed E-state index contributed by atoms with van der Waals surface area (Å²) in [6.45, 7) is 0. The van der Waals surface area contributed by atoms with E-state index in [2.05, 4.69) is 21.6 Å². The van der Waals surface area contributed by atoms with Crippen molar-refractivity contribution in [3.63, 3.8) is 0 Å². The minimum atomic E-state index is -0.406. The van der Waals surface area contributed by atoms with Gasteiger partial charge in [-0.3, -0.25) is 0 Å². The molecule has 0 saturated carbocycles. The van der Waals surface area contributed by atoms with E-state index in [-0.39, 0.29) is 0 Å². The maximum Gasteiger partial charge on any atom is 0.337 e. The molecule has 0 aliphatic carbocycles. The zero-order chi connectivity index (χ0) is 14.7. The van der Waals surface area contributed by atoms with Gasteiger partial charge in [0.05, 0.1) is 12.7 Å². The molecule has 0 bridgehead atoms. The van der Waals surface area contributed by atoms with Gasteiger partial charge in [0.25, 0.3) is 5.89 Å². The van der Waals surface area contributed by atoms with Crippen molar-refractivity contribution in [2.75, 3.05) is 7.11 Å². The summed E-state index contributed by atoms with van der Waals surface area (Å²) in [7, 11) is 1.34. The smallest absolute Gasteiger partial charge is 0.337 e. The summed E-state index contributed by atoms with van der Waals surface area (Å²) in [5, 5.41) is 0. The maximum absolute atomic E-state index is 11.5. The average molecular weight is 277 g/mol. The van der Waals surface area contributed by atoms with Gasteiger partial charge in [0.2, 0.25) is 0 Å². The van der Waals surface area contributed by atoms with Gasteiger partial charge in [-0.15, -0.1) is 0 Å². The zero-order valence-electron chi connectivity index (χ0n) is 11.3. The highest BCUT2D eigenvalue weighted by Gasteiger charge is 2.09. The zero-order valence-corrected chi connectivity index (χ0v) is 11.3. The van der Waals surface area contributed by atoms with E-state index >= 15 is 0 Å². The van der Waals surface area contributed by atoms with Crippen LogP contribution in [0.25, 0.3) is 11.1 Å². The van der Waals surface area contributed by atoms with Gasteiger partial charge in [-0.2, -0.15) is 0 Å². The van der Waals surface area contributed by atoms with Gasteiger partial charge in [-0.05, 0) is 36.3 Å². The Bertz CT molecular complexity index is 854. The molecule has 21 heavy (non-hydrogen) atoms. The van der Waals surface area contributed by atoms with Gasteiger partial charge < -0.3 is 9.15 Å². The Morgan fingerprint density at radius 1 is 1.14 bits per heavy atom. The van der Waals surface area contributed by atoms with Crippen LogP contribution in [0.3, 0.4) is 0 Å². The molecule has 1 heterocycles. The summed E-state index contributed by atoms with van der Waals surface area (Å²) in [6, 6.07) is 14.5. The van der Waals surface area contributed by atoms with Crippen molar-refractivity contribution in [3.05, 3.63) is 65.5 Å². The minimum Gasteiger partial charge on any atom is -0.465 e. The van der Waals surface area contributed by atoms with Crippen molar-refractivity contribution in [3.8, 4) is 11.8 Å². The van der Waals surface area contributed by atoms with Gasteiger partial charge in [0, 0.05) is 5.56 Å². The Kier molecular flexibility index (Phi) is 3.40. The summed E-state index contributed by atoms with van der Waals surface area (Å²) in [4.78, 5) is 15.7. The van der Waals surface area contributed by atoms with Gasteiger partial charge in [-0.1, -0.05) is 24.1 Å². The molecule has 0 spiro atoms. The van der Waals surface area contributed by atoms with Crippen LogP contribution in [-0.4, -0.2) is 18.1 Å². The molecule has 0 amide bonds. The lowest BCUT2D eigenvalue weighted by molar-refractivity contribution is 0.0601. The lowest BCUT2D eigenvalue weighted by Crippen LogP contribution is -2.00. The fraction of sp³-hybridized carbons (Fsp3) is 0.0588. The molecule has 4 nitrogen and oxygen atoms in total. The number of fused-ring (bicyclic) bond motifs is 1. The molecule has 0 radical (unpaired) electrons. The number of esters is 1. The first-order valence-electron chi connectivity index (χ1n) is 6.32. The van der Waals surface area contributed by atoms with Crippen LogP contribution in [0.5, 0.6) is 0 Å². The Hall–Kier alpha value is -3.06. The van der Waals surface area contributed by atoms with Crippen molar-refractivity contribution >= 4 is 17.1 Å². The number of aromatic nitrogens is 1. The van der Waals surface area contributed by atoms with Crippen molar-refractivity contribution in [2.45, 2.75) is 0 Å². The molecule has 0 saturated heterocycles. The molecule has 1 aromatic heterocycles. The number of carbonyl (C=O) groups is 1. The second-order valence-electron chi connectivity index (χ2n) is 4.31. The molecular weight excluding hydrogens is 266 g/mol. The third kappa shape index (κ3) is 2.77. The van der Waals surface area contributed by atoms with Crippen molar-refractivity contribution < 1.29 is 13.9 Å². The molecular formula is C17H11NO3. The van der Waals surface area contributed by atoms with E-state index in [0.717, 1.165) is 5.56 Å². The first-order valence-corrected chi connectivity index (χ1v) is 6.32. The summed E-state index contributed by atoms with van der Waals surface area (Å²) >= 11 is 0. The first-order chi connectivity index (χ1) is 10.3. The molecule has 102 valence electrons. The maximum atomic E-state index is 11.5. The lowest BCUT2D eigenvalue weighted by Gasteiger charge is -1.96. The van der Waals surface area contributed by atoms with Crippen LogP contribution in [0.4, 0.5) is 0 Å². The molecule has 3 rings (SSSR count). The van der Waals surface area contributed by atoms with Gasteiger partial charge in [0.15, 0.2) is 5.58 Å². The monoisotopic (exact) mass is 277 g/mol. The number of methoxy groups -OCH3 is 1. The standard InChI is InChI=1S/C17H11NO3/c1-20-17(19)13-8-9-15-14(11-13)18-16(21-15)10-7-12-5-3-2-4-6-12/h2-6,8-9,11H,1H3. The third-order valence-electron chi connectivity index (χ3n) is 2.90. The molecule has 4 heteroatoms. The SMILES string of the molecule is COC(=O)c1ccc2oc(C#Cc3ccccc3)nc2c1. The van der Waals surface area contributed by atoms with E-state index in [1.54, 1.807) is 18.2 Å². The number of hydrogen-bond donors (Lipinski definition) is 0. The highest BCUT2D eigenvalue weighted by atomic mass is 16.5. The molecule has 2 aromatic carbocycles. The van der Waals surface area contributed by atoms with Crippen LogP contribution < -0.4 is 0 Å². The highest BCUT2D eigenvalue weighted by molar-refractivity contribution is 5.93. The second-order valence-corrected chi connectivity index (χ2v) is 4.31. The number of oxazole rings is 1. The van der Waals surface area contributed by atoms with E-state index in [4.69, 9.17) is 4.42 Å². The molecule has 0 atom stereocenters. The Balaban J connectivity index is 1.95. The second kappa shape index (κ2) is 5.51. The van der Waals surface area contributed by atoms with E-state index in [1.165, 1.54) is 7.11 Å². The Labute approximate surface area is 121 Å². The normalized spacial score (nSPS) is 9.95. The van der Waals surface area contributed by atoms with Crippen molar-refractivity contribution in [2.24, 2.45) is 0 Å². The average Bonchev–Trinajstić information content (AvgIpc) is 2.95. The van der Waals surface area contributed by atoms with Crippen LogP contribution >= 0.6 is 0 Å². The fourth-order valence-corrected chi connectivity index (χ4v) is 1.87. The first kappa shape index (κ1) is 12.9. The van der Waals surface area contributed by atoms with Crippen LogP contribution in [0.15, 0.2) is 52.9 Å². The Morgan fingerprint density at radius 3 is 2.71 bits per heavy atom. The van der Waals surface area contributed by atoms with Crippen LogP contribution in [0, 0.1) is 11.8 Å². The number of rotatable bonds is 1. The molecule has 0 fully saturated rings. The van der Waals surface area contributed by atoms with Gasteiger partial charge >= 0.3 is 5.97 Å². The number of nitrogens with zero attached hydrogens (tertiary/aromatic N) is 1. The van der Waals surface area contributed by atoms with Crippen LogP contribution in [0.2, 0.25) is 0 Å². The largest absolute Gasteiger partial charge is 0.465 e. The van der Waals surface area contributed by atoms with Gasteiger partial charge in [0.1, 0.15) is 5.52 Å². The van der Waals surface area contributed by atoms with Crippen molar-refractivity contribution in [1.29, 1.82) is 0 Å². The van der Waals surface area contributed by atoms with Crippen LogP contribution in [0.1, 0.15) is 21.8 Å². The Morgan fingerprint density at radius 2 is 1.95 bits per heavy atom. The molecule has 0 unspecified atom stereocenters. The number of ether oxygens (including phenoxy) is 1. The predicted octanol–water partition coefficient (Wildman–Crippen LogP) is 3.01. The summed E-state index contributed by atoms with van der Waals surface area (Å²) < 4.78 is 10.2. The fourth-order valence-electron chi connectivity index (χ4n) is 1.87. The summed E-state index contributed by atoms with van der Waals surface area (Å²) in [6.07, 6.45) is 0. The number of benzene rings is 2. The summed E-state index contributed by atoms with van der Waals surface area (Å²) in [5.74, 6) is 5.75. The molecule has 0 aliphatic rings. The lowest BCUT2D eigenvalue weighted by atomic mass is 10.2. The molecule has 3 aromatic rings. The van der Waals surface area contributed by atoms with E-state index in [0.29, 0.717) is 22.6 Å². The molecule has 0 N–H and O–H groups in total. The van der Waals surface area contributed by atoms with E-state index in [1.807, 2.05) is 30.3 Å². The third-order valence-corrected chi connectivity index (χ3v) is 2.90. The van der Waals surface area contributed by atoms with E-state index in [9.17, 15) is 4.79 Å². The summed E-state index contributed by atoms with van der Waals surface area (Å²) in [5.41, 5.74) is 2.48. The number of carbonyl (C=O) groups excluding carboxylic acids is 1.